The lowest BCUT2D eigenvalue weighted by Crippen LogP contribution is -2.63. The molecule has 0 spiro atoms. The minimum atomic E-state index is -0.170. The number of rotatable bonds is 7. The molecule has 1 aliphatic carbocycles. The number of likely N-dealkylation sites (tertiary alicyclic amines) is 1. The second kappa shape index (κ2) is 10.8. The minimum Gasteiger partial charge on any atom is -0.371 e. The molecule has 0 unspecified atom stereocenters. The van der Waals surface area contributed by atoms with Crippen molar-refractivity contribution in [2.45, 2.75) is 63.5 Å². The van der Waals surface area contributed by atoms with Crippen molar-refractivity contribution in [2.24, 2.45) is 0 Å². The molecule has 2 N–H and O–H groups in total. The first-order chi connectivity index (χ1) is 17.1. The summed E-state index contributed by atoms with van der Waals surface area (Å²) in [5.41, 5.74) is 4.16. The van der Waals surface area contributed by atoms with Crippen molar-refractivity contribution in [3.05, 3.63) is 65.2 Å². The maximum Gasteiger partial charge on any atom is 0.253 e. The van der Waals surface area contributed by atoms with Crippen LogP contribution in [0.25, 0.3) is 0 Å². The normalized spacial score (nSPS) is 23.1. The smallest absolute Gasteiger partial charge is 0.253 e. The maximum atomic E-state index is 12.9. The Balaban J connectivity index is 1.04. The lowest BCUT2D eigenvalue weighted by atomic mass is 9.80. The molecule has 3 aliphatic rings. The molecule has 2 amide bonds. The van der Waals surface area contributed by atoms with E-state index in [1.54, 1.807) is 0 Å². The molecule has 5 rings (SSSR count). The molecule has 0 bridgehead atoms. The third kappa shape index (κ3) is 5.69. The molecule has 0 radical (unpaired) electrons. The van der Waals surface area contributed by atoms with Crippen LogP contribution in [-0.4, -0.2) is 61.5 Å². The van der Waals surface area contributed by atoms with Crippen LogP contribution >= 0.6 is 0 Å². The van der Waals surface area contributed by atoms with Crippen LogP contribution in [0.5, 0.6) is 0 Å². The molecule has 6 heteroatoms. The number of carbonyl (C=O) groups excluding carboxylic acids is 2. The van der Waals surface area contributed by atoms with Gasteiger partial charge in [-0.2, -0.15) is 0 Å². The first kappa shape index (κ1) is 23.9. The quantitative estimate of drug-likeness (QED) is 0.640. The number of aryl methyl sites for hydroxylation is 1. The zero-order valence-electron chi connectivity index (χ0n) is 20.8. The molecule has 0 atom stereocenters. The van der Waals surface area contributed by atoms with E-state index in [1.165, 1.54) is 31.2 Å². The van der Waals surface area contributed by atoms with Gasteiger partial charge in [0.1, 0.15) is 0 Å². The molecule has 2 aliphatic heterocycles. The molecule has 2 heterocycles. The summed E-state index contributed by atoms with van der Waals surface area (Å²) in [6.07, 6.45) is 7.26. The summed E-state index contributed by atoms with van der Waals surface area (Å²) in [4.78, 5) is 30.2. The van der Waals surface area contributed by atoms with Gasteiger partial charge in [-0.15, -0.1) is 0 Å². The number of hydrogen-bond donors (Lipinski definition) is 2. The van der Waals surface area contributed by atoms with E-state index in [9.17, 15) is 9.59 Å². The van der Waals surface area contributed by atoms with Gasteiger partial charge in [-0.1, -0.05) is 42.0 Å². The van der Waals surface area contributed by atoms with Crippen molar-refractivity contribution in [2.75, 3.05) is 37.6 Å². The van der Waals surface area contributed by atoms with Crippen LogP contribution in [0.1, 0.15) is 65.9 Å². The fourth-order valence-electron chi connectivity index (χ4n) is 6.00. The SMILES string of the molecule is Cc1ccc(N2CCCC2)c(C(=O)NCC(=O)NC2CN([C@H]3CC[C@@H](c4ccccc4)CC3)C2)c1. The second-order valence-corrected chi connectivity index (χ2v) is 10.5. The Morgan fingerprint density at radius 3 is 2.37 bits per heavy atom. The Morgan fingerprint density at radius 1 is 0.943 bits per heavy atom. The molecule has 3 fully saturated rings. The highest BCUT2D eigenvalue weighted by Crippen LogP contribution is 2.36. The zero-order chi connectivity index (χ0) is 24.2. The van der Waals surface area contributed by atoms with Gasteiger partial charge in [0.05, 0.1) is 18.2 Å². The van der Waals surface area contributed by atoms with E-state index in [0.29, 0.717) is 17.5 Å². The van der Waals surface area contributed by atoms with E-state index in [-0.39, 0.29) is 24.4 Å². The summed E-state index contributed by atoms with van der Waals surface area (Å²) in [5, 5.41) is 5.95. The fraction of sp³-hybridized carbons (Fsp3) is 0.517. The zero-order valence-corrected chi connectivity index (χ0v) is 20.8. The number of benzene rings is 2. The van der Waals surface area contributed by atoms with E-state index in [4.69, 9.17) is 0 Å². The van der Waals surface area contributed by atoms with Crippen LogP contribution in [0, 0.1) is 6.92 Å². The number of nitrogens with zero attached hydrogens (tertiary/aromatic N) is 2. The molecule has 2 saturated heterocycles. The van der Waals surface area contributed by atoms with Crippen LogP contribution in [0.4, 0.5) is 5.69 Å². The molecule has 2 aromatic carbocycles. The lowest BCUT2D eigenvalue weighted by molar-refractivity contribution is -0.122. The molecule has 6 nitrogen and oxygen atoms in total. The van der Waals surface area contributed by atoms with Crippen molar-refractivity contribution < 1.29 is 9.59 Å². The topological polar surface area (TPSA) is 64.7 Å². The van der Waals surface area contributed by atoms with Crippen LogP contribution in [0.3, 0.4) is 0 Å². The van der Waals surface area contributed by atoms with E-state index in [2.05, 4.69) is 50.8 Å². The van der Waals surface area contributed by atoms with Gasteiger partial charge in [0.25, 0.3) is 5.91 Å². The predicted molar refractivity (Wildman–Crippen MR) is 140 cm³/mol. The van der Waals surface area contributed by atoms with E-state index in [1.807, 2.05) is 25.1 Å². The summed E-state index contributed by atoms with van der Waals surface area (Å²) >= 11 is 0. The Bertz CT molecular complexity index is 1020. The summed E-state index contributed by atoms with van der Waals surface area (Å²) in [6, 6.07) is 17.7. The van der Waals surface area contributed by atoms with Gasteiger partial charge >= 0.3 is 0 Å². The van der Waals surface area contributed by atoms with Crippen molar-refractivity contribution in [3.63, 3.8) is 0 Å². The third-order valence-corrected chi connectivity index (χ3v) is 8.01. The number of carbonyl (C=O) groups is 2. The van der Waals surface area contributed by atoms with E-state index in [0.717, 1.165) is 50.3 Å². The number of anilines is 1. The highest BCUT2D eigenvalue weighted by Gasteiger charge is 2.35. The predicted octanol–water partition coefficient (Wildman–Crippen LogP) is 3.85. The van der Waals surface area contributed by atoms with Gasteiger partial charge in [0.2, 0.25) is 5.91 Å². The average molecular weight is 475 g/mol. The van der Waals surface area contributed by atoms with E-state index >= 15 is 0 Å². The first-order valence-corrected chi connectivity index (χ1v) is 13.3. The highest BCUT2D eigenvalue weighted by atomic mass is 16.2. The van der Waals surface area contributed by atoms with Crippen molar-refractivity contribution in [3.8, 4) is 0 Å². The molecule has 2 aromatic rings. The Kier molecular flexibility index (Phi) is 7.37. The number of amides is 2. The Labute approximate surface area is 209 Å². The molecule has 1 saturated carbocycles. The number of hydrogen-bond acceptors (Lipinski definition) is 4. The Morgan fingerprint density at radius 2 is 1.66 bits per heavy atom. The van der Waals surface area contributed by atoms with Crippen LogP contribution < -0.4 is 15.5 Å². The fourth-order valence-corrected chi connectivity index (χ4v) is 6.00. The molecule has 0 aromatic heterocycles. The van der Waals surface area contributed by atoms with Gasteiger partial charge in [0, 0.05) is 37.9 Å². The van der Waals surface area contributed by atoms with Crippen LogP contribution in [0.2, 0.25) is 0 Å². The molecule has 35 heavy (non-hydrogen) atoms. The summed E-state index contributed by atoms with van der Waals surface area (Å²) < 4.78 is 0. The van der Waals surface area contributed by atoms with E-state index < -0.39 is 0 Å². The van der Waals surface area contributed by atoms with Crippen molar-refractivity contribution >= 4 is 17.5 Å². The summed E-state index contributed by atoms with van der Waals surface area (Å²) in [6.45, 7) is 5.80. The maximum absolute atomic E-state index is 12.9. The van der Waals surface area contributed by atoms with Gasteiger partial charge in [-0.3, -0.25) is 14.5 Å². The summed E-state index contributed by atoms with van der Waals surface area (Å²) in [7, 11) is 0. The largest absolute Gasteiger partial charge is 0.371 e. The van der Waals surface area contributed by atoms with Gasteiger partial charge in [0.15, 0.2) is 0 Å². The standard InChI is InChI=1S/C29H38N4O2/c1-21-9-14-27(32-15-5-6-16-32)26(17-21)29(35)30-18-28(34)31-24-19-33(20-24)25-12-10-23(11-13-25)22-7-3-2-4-8-22/h2-4,7-9,14,17,23-25H,5-6,10-13,15-16,18-20H2,1H3,(H,30,35)(H,31,34)/t23-,25+. The van der Waals surface area contributed by atoms with Gasteiger partial charge in [-0.05, 0) is 69.1 Å². The lowest BCUT2D eigenvalue weighted by Gasteiger charge is -2.46. The third-order valence-electron chi connectivity index (χ3n) is 8.01. The molecular formula is C29H38N4O2. The van der Waals surface area contributed by atoms with Crippen molar-refractivity contribution in [1.82, 2.24) is 15.5 Å². The first-order valence-electron chi connectivity index (χ1n) is 13.3. The summed E-state index contributed by atoms with van der Waals surface area (Å²) in [5.74, 6) is 0.412. The van der Waals surface area contributed by atoms with Crippen LogP contribution in [-0.2, 0) is 4.79 Å². The second-order valence-electron chi connectivity index (χ2n) is 10.5. The molecule has 186 valence electrons. The number of nitrogens with one attached hydrogen (secondary N) is 2. The van der Waals surface area contributed by atoms with Crippen LogP contribution in [0.15, 0.2) is 48.5 Å². The van der Waals surface area contributed by atoms with Crippen molar-refractivity contribution in [1.29, 1.82) is 0 Å². The monoisotopic (exact) mass is 474 g/mol. The van der Waals surface area contributed by atoms with Gasteiger partial charge < -0.3 is 15.5 Å². The van der Waals surface area contributed by atoms with Gasteiger partial charge in [-0.25, -0.2) is 0 Å². The molecular weight excluding hydrogens is 436 g/mol. The Hall–Kier alpha value is -2.86. The average Bonchev–Trinajstić information content (AvgIpc) is 3.40. The minimum absolute atomic E-state index is 0.0187. The highest BCUT2D eigenvalue weighted by molar-refractivity contribution is 6.01.